The highest BCUT2D eigenvalue weighted by atomic mass is 16.5. The number of likely N-dealkylation sites (N-methyl/N-ethyl adjacent to an activating group) is 1. The Morgan fingerprint density at radius 1 is 1.42 bits per heavy atom. The van der Waals surface area contributed by atoms with Crippen LogP contribution in [-0.2, 0) is 0 Å². The molecule has 24 heavy (non-hydrogen) atoms. The number of fused-ring (bicyclic) bond motifs is 1. The number of carbonyl (C=O) groups excluding carboxylic acids is 1. The van der Waals surface area contributed by atoms with Gasteiger partial charge in [-0.3, -0.25) is 0 Å². The van der Waals surface area contributed by atoms with Crippen molar-refractivity contribution in [3.05, 3.63) is 29.3 Å². The van der Waals surface area contributed by atoms with Crippen molar-refractivity contribution in [3.63, 3.8) is 0 Å². The van der Waals surface area contributed by atoms with Crippen molar-refractivity contribution in [1.82, 2.24) is 9.80 Å². The van der Waals surface area contributed by atoms with E-state index in [-0.39, 0.29) is 6.03 Å². The molecule has 1 saturated heterocycles. The van der Waals surface area contributed by atoms with Gasteiger partial charge in [-0.1, -0.05) is 0 Å². The van der Waals surface area contributed by atoms with Crippen LogP contribution in [0.3, 0.4) is 0 Å². The molecule has 1 N–H and O–H groups in total. The zero-order valence-corrected chi connectivity index (χ0v) is 14.3. The van der Waals surface area contributed by atoms with E-state index >= 15 is 0 Å². The topological polar surface area (TPSA) is 76.8 Å². The molecule has 0 radical (unpaired) electrons. The average molecular weight is 329 g/mol. The van der Waals surface area contributed by atoms with Gasteiger partial charge in [-0.05, 0) is 44.9 Å². The molecule has 0 bridgehead atoms. The molecular formula is C18H23N3O3. The van der Waals surface area contributed by atoms with Crippen molar-refractivity contribution in [2.45, 2.75) is 44.4 Å². The maximum atomic E-state index is 12.8. The van der Waals surface area contributed by atoms with Crippen molar-refractivity contribution in [2.24, 2.45) is 0 Å². The molecule has 2 atom stereocenters. The van der Waals surface area contributed by atoms with Crippen LogP contribution in [0.15, 0.2) is 18.2 Å². The zero-order valence-electron chi connectivity index (χ0n) is 14.3. The third-order valence-corrected chi connectivity index (χ3v) is 4.94. The van der Waals surface area contributed by atoms with E-state index in [0.29, 0.717) is 16.9 Å². The summed E-state index contributed by atoms with van der Waals surface area (Å²) in [6, 6.07) is 6.59. The minimum atomic E-state index is -0.893. The first kappa shape index (κ1) is 16.6. The number of urea groups is 1. The van der Waals surface area contributed by atoms with Crippen molar-refractivity contribution >= 4 is 6.03 Å². The van der Waals surface area contributed by atoms with E-state index in [1.54, 1.807) is 44.0 Å². The van der Waals surface area contributed by atoms with Crippen LogP contribution in [0.4, 0.5) is 4.79 Å². The van der Waals surface area contributed by atoms with Crippen LogP contribution >= 0.6 is 0 Å². The number of aliphatic hydroxyl groups is 1. The Labute approximate surface area is 142 Å². The quantitative estimate of drug-likeness (QED) is 0.857. The Hall–Kier alpha value is -2.26. The predicted molar refractivity (Wildman–Crippen MR) is 88.6 cm³/mol. The predicted octanol–water partition coefficient (Wildman–Crippen LogP) is 2.28. The number of hydrogen-bond acceptors (Lipinski definition) is 4. The average Bonchev–Trinajstić information content (AvgIpc) is 3.08. The van der Waals surface area contributed by atoms with Crippen molar-refractivity contribution in [3.8, 4) is 11.8 Å². The molecule has 1 fully saturated rings. The fourth-order valence-corrected chi connectivity index (χ4v) is 3.51. The number of amides is 2. The van der Waals surface area contributed by atoms with E-state index in [9.17, 15) is 15.2 Å². The highest BCUT2D eigenvalue weighted by Crippen LogP contribution is 2.43. The summed E-state index contributed by atoms with van der Waals surface area (Å²) in [4.78, 5) is 16.2. The fourth-order valence-electron chi connectivity index (χ4n) is 3.51. The van der Waals surface area contributed by atoms with E-state index in [4.69, 9.17) is 4.74 Å². The first-order valence-corrected chi connectivity index (χ1v) is 8.28. The Bertz CT molecular complexity index is 689. The number of benzene rings is 1. The lowest BCUT2D eigenvalue weighted by atomic mass is 9.85. The summed E-state index contributed by atoms with van der Waals surface area (Å²) in [5.74, 6) is 0.607. The molecule has 0 aromatic heterocycles. The van der Waals surface area contributed by atoms with Crippen LogP contribution in [0.5, 0.6) is 5.75 Å². The summed E-state index contributed by atoms with van der Waals surface area (Å²) in [6.07, 6.45) is 1.13. The molecule has 1 aromatic rings. The number of likely N-dealkylation sites (tertiary alicyclic amines) is 1. The summed E-state index contributed by atoms with van der Waals surface area (Å²) in [5.41, 5.74) is 0.331. The van der Waals surface area contributed by atoms with E-state index in [0.717, 1.165) is 25.9 Å². The van der Waals surface area contributed by atoms with Gasteiger partial charge in [-0.25, -0.2) is 4.79 Å². The first-order chi connectivity index (χ1) is 11.3. The van der Waals surface area contributed by atoms with E-state index < -0.39 is 17.7 Å². The molecular weight excluding hydrogens is 306 g/mol. The van der Waals surface area contributed by atoms with Gasteiger partial charge < -0.3 is 19.6 Å². The molecule has 3 rings (SSSR count). The minimum Gasteiger partial charge on any atom is -0.485 e. The number of nitrogens with zero attached hydrogens (tertiary/aromatic N) is 3. The van der Waals surface area contributed by atoms with Crippen LogP contribution in [0, 0.1) is 11.3 Å². The van der Waals surface area contributed by atoms with Crippen molar-refractivity contribution in [1.29, 1.82) is 5.26 Å². The van der Waals surface area contributed by atoms with Gasteiger partial charge >= 0.3 is 6.03 Å². The van der Waals surface area contributed by atoms with Gasteiger partial charge in [0.25, 0.3) is 0 Å². The van der Waals surface area contributed by atoms with Gasteiger partial charge in [-0.2, -0.15) is 5.26 Å². The lowest BCUT2D eigenvalue weighted by Gasteiger charge is -2.45. The maximum Gasteiger partial charge on any atom is 0.320 e. The molecule has 2 aliphatic heterocycles. The van der Waals surface area contributed by atoms with Gasteiger partial charge in [0.05, 0.1) is 17.7 Å². The van der Waals surface area contributed by atoms with Gasteiger partial charge in [0.15, 0.2) is 0 Å². The Morgan fingerprint density at radius 3 is 2.71 bits per heavy atom. The van der Waals surface area contributed by atoms with Crippen LogP contribution < -0.4 is 4.74 Å². The van der Waals surface area contributed by atoms with Crippen LogP contribution in [-0.4, -0.2) is 52.8 Å². The maximum absolute atomic E-state index is 12.8. The first-order valence-electron chi connectivity index (χ1n) is 8.28. The number of hydrogen-bond donors (Lipinski definition) is 1. The Morgan fingerprint density at radius 2 is 2.08 bits per heavy atom. The summed E-state index contributed by atoms with van der Waals surface area (Å²) in [7, 11) is 1.71. The van der Waals surface area contributed by atoms with Gasteiger partial charge in [0.2, 0.25) is 0 Å². The largest absolute Gasteiger partial charge is 0.485 e. The van der Waals surface area contributed by atoms with Gasteiger partial charge in [-0.15, -0.1) is 0 Å². The Balaban J connectivity index is 2.01. The van der Waals surface area contributed by atoms with Crippen LogP contribution in [0.2, 0.25) is 0 Å². The molecule has 1 aromatic carbocycles. The number of nitriles is 1. The van der Waals surface area contributed by atoms with Crippen LogP contribution in [0.1, 0.15) is 43.9 Å². The minimum absolute atomic E-state index is 0.0949. The lowest BCUT2D eigenvalue weighted by molar-refractivity contribution is -0.0829. The fraction of sp³-hybridized carbons (Fsp3) is 0.556. The third kappa shape index (κ3) is 2.69. The number of aliphatic hydroxyl groups excluding tert-OH is 1. The normalized spacial score (nSPS) is 24.7. The molecule has 6 heteroatoms. The summed E-state index contributed by atoms with van der Waals surface area (Å²) >= 11 is 0. The van der Waals surface area contributed by atoms with Crippen LogP contribution in [0.25, 0.3) is 0 Å². The molecule has 0 aliphatic carbocycles. The second-order valence-electron chi connectivity index (χ2n) is 7.05. The number of carbonyl (C=O) groups is 1. The monoisotopic (exact) mass is 329 g/mol. The van der Waals surface area contributed by atoms with E-state index in [1.165, 1.54) is 0 Å². The molecule has 0 unspecified atom stereocenters. The highest BCUT2D eigenvalue weighted by Gasteiger charge is 2.46. The Kier molecular flexibility index (Phi) is 4.14. The molecule has 2 aliphatic rings. The summed E-state index contributed by atoms with van der Waals surface area (Å²) in [6.45, 7) is 5.11. The molecule has 2 heterocycles. The molecule has 0 saturated carbocycles. The smallest absolute Gasteiger partial charge is 0.320 e. The zero-order chi connectivity index (χ0) is 17.5. The number of rotatable bonds is 1. The van der Waals surface area contributed by atoms with Gasteiger partial charge in [0, 0.05) is 25.7 Å². The molecule has 0 spiro atoms. The SMILES string of the molecule is CN(C(=O)N1CCCC1)[C@@H]1c2cc(C#N)ccc2OC(C)(C)[C@H]1O. The van der Waals surface area contributed by atoms with Crippen molar-refractivity contribution < 1.29 is 14.6 Å². The molecule has 128 valence electrons. The van der Waals surface area contributed by atoms with Gasteiger partial charge in [0.1, 0.15) is 17.5 Å². The second-order valence-corrected chi connectivity index (χ2v) is 7.05. The summed E-state index contributed by atoms with van der Waals surface area (Å²) < 4.78 is 5.91. The van der Waals surface area contributed by atoms with E-state index in [2.05, 4.69) is 6.07 Å². The van der Waals surface area contributed by atoms with E-state index in [1.807, 2.05) is 4.90 Å². The molecule has 6 nitrogen and oxygen atoms in total. The summed E-state index contributed by atoms with van der Waals surface area (Å²) in [5, 5.41) is 20.0. The second kappa shape index (κ2) is 5.99. The standard InChI is InChI=1S/C18H23N3O3/c1-18(2)16(22)15(20(3)17(23)21-8-4-5-9-21)13-10-12(11-19)6-7-14(13)24-18/h6-7,10,15-16,22H,4-5,8-9H2,1-3H3/t15-,16+/m1/s1. The third-order valence-electron chi connectivity index (χ3n) is 4.94. The highest BCUT2D eigenvalue weighted by molar-refractivity contribution is 5.75. The molecule has 2 amide bonds. The lowest BCUT2D eigenvalue weighted by Crippen LogP contribution is -2.55. The van der Waals surface area contributed by atoms with Crippen molar-refractivity contribution in [2.75, 3.05) is 20.1 Å². The number of ether oxygens (including phenoxy) is 1.